The molecule has 0 bridgehead atoms. The molecule has 2 aliphatic rings. The molecule has 1 heterocycles. The SMILES string of the molecule is CCN(C(=O)c1cccc2c1NC(c1cccc(C)c1)C1CC=CC21)c1ccccc1. The van der Waals surface area contributed by atoms with Crippen LogP contribution >= 0.6 is 0 Å². The Morgan fingerprint density at radius 3 is 2.61 bits per heavy atom. The molecular weight excluding hydrogens is 380 g/mol. The van der Waals surface area contributed by atoms with Crippen molar-refractivity contribution in [3.05, 3.63) is 107 Å². The number of amides is 1. The van der Waals surface area contributed by atoms with Gasteiger partial charge in [0.15, 0.2) is 0 Å². The zero-order valence-corrected chi connectivity index (χ0v) is 18.1. The Labute approximate surface area is 184 Å². The van der Waals surface area contributed by atoms with Gasteiger partial charge in [0.1, 0.15) is 0 Å². The number of allylic oxidation sites excluding steroid dienone is 2. The Morgan fingerprint density at radius 2 is 1.84 bits per heavy atom. The minimum atomic E-state index is 0.0430. The molecule has 156 valence electrons. The molecule has 3 atom stereocenters. The molecule has 1 aliphatic carbocycles. The van der Waals surface area contributed by atoms with Gasteiger partial charge >= 0.3 is 0 Å². The van der Waals surface area contributed by atoms with Crippen LogP contribution in [0.1, 0.15) is 52.4 Å². The maximum atomic E-state index is 13.7. The largest absolute Gasteiger partial charge is 0.377 e. The Hall–Kier alpha value is -3.33. The molecule has 3 heteroatoms. The molecule has 1 N–H and O–H groups in total. The first-order chi connectivity index (χ1) is 15.2. The summed E-state index contributed by atoms with van der Waals surface area (Å²) < 4.78 is 0. The van der Waals surface area contributed by atoms with E-state index in [2.05, 4.69) is 54.7 Å². The third kappa shape index (κ3) is 3.44. The van der Waals surface area contributed by atoms with Crippen LogP contribution in [0.2, 0.25) is 0 Å². The fraction of sp³-hybridized carbons (Fsp3) is 0.250. The molecule has 1 amide bonds. The molecule has 0 spiro atoms. The maximum absolute atomic E-state index is 13.7. The lowest BCUT2D eigenvalue weighted by Crippen LogP contribution is -2.34. The number of fused-ring (bicyclic) bond motifs is 3. The van der Waals surface area contributed by atoms with Gasteiger partial charge in [-0.2, -0.15) is 0 Å². The Morgan fingerprint density at radius 1 is 1.03 bits per heavy atom. The first-order valence-electron chi connectivity index (χ1n) is 11.2. The number of anilines is 2. The molecule has 5 rings (SSSR count). The summed E-state index contributed by atoms with van der Waals surface area (Å²) in [5.41, 5.74) is 6.45. The van der Waals surface area contributed by atoms with Crippen LogP contribution in [0.3, 0.4) is 0 Å². The molecule has 0 fully saturated rings. The number of carbonyl (C=O) groups is 1. The molecule has 31 heavy (non-hydrogen) atoms. The third-order valence-electron chi connectivity index (χ3n) is 6.66. The number of nitrogens with one attached hydrogen (secondary N) is 1. The normalized spacial score (nSPS) is 21.2. The highest BCUT2D eigenvalue weighted by Gasteiger charge is 2.39. The van der Waals surface area contributed by atoms with E-state index in [1.54, 1.807) is 0 Å². The van der Waals surface area contributed by atoms with E-state index in [4.69, 9.17) is 0 Å². The lowest BCUT2D eigenvalue weighted by atomic mass is 9.76. The second-order valence-electron chi connectivity index (χ2n) is 8.54. The second kappa shape index (κ2) is 8.07. The zero-order chi connectivity index (χ0) is 21.4. The topological polar surface area (TPSA) is 32.3 Å². The maximum Gasteiger partial charge on any atom is 0.260 e. The quantitative estimate of drug-likeness (QED) is 0.501. The number of para-hydroxylation sites is 2. The minimum absolute atomic E-state index is 0.0430. The third-order valence-corrected chi connectivity index (χ3v) is 6.66. The fourth-order valence-corrected chi connectivity index (χ4v) is 5.19. The lowest BCUT2D eigenvalue weighted by Gasteiger charge is -2.39. The van der Waals surface area contributed by atoms with Crippen molar-refractivity contribution in [1.29, 1.82) is 0 Å². The summed E-state index contributed by atoms with van der Waals surface area (Å²) in [7, 11) is 0. The van der Waals surface area contributed by atoms with Crippen LogP contribution in [0.5, 0.6) is 0 Å². The smallest absolute Gasteiger partial charge is 0.260 e. The lowest BCUT2D eigenvalue weighted by molar-refractivity contribution is 0.0988. The van der Waals surface area contributed by atoms with Crippen molar-refractivity contribution in [3.8, 4) is 0 Å². The first kappa shape index (κ1) is 19.6. The van der Waals surface area contributed by atoms with Crippen molar-refractivity contribution in [2.45, 2.75) is 32.2 Å². The molecule has 3 nitrogen and oxygen atoms in total. The zero-order valence-electron chi connectivity index (χ0n) is 18.1. The molecule has 0 aromatic heterocycles. The highest BCUT2D eigenvalue weighted by atomic mass is 16.2. The molecule has 0 saturated heterocycles. The van der Waals surface area contributed by atoms with Gasteiger partial charge in [-0.3, -0.25) is 4.79 Å². The van der Waals surface area contributed by atoms with Crippen LogP contribution < -0.4 is 10.2 Å². The Balaban J connectivity index is 1.58. The van der Waals surface area contributed by atoms with Gasteiger partial charge < -0.3 is 10.2 Å². The van der Waals surface area contributed by atoms with Gasteiger partial charge in [0.25, 0.3) is 5.91 Å². The van der Waals surface area contributed by atoms with Gasteiger partial charge in [-0.1, -0.05) is 72.3 Å². The summed E-state index contributed by atoms with van der Waals surface area (Å²) in [5.74, 6) is 0.846. The molecule has 3 aromatic carbocycles. The number of aryl methyl sites for hydroxylation is 1. The molecule has 3 unspecified atom stereocenters. The van der Waals surface area contributed by atoms with Crippen LogP contribution in [0.15, 0.2) is 84.9 Å². The number of hydrogen-bond acceptors (Lipinski definition) is 2. The van der Waals surface area contributed by atoms with Crippen LogP contribution in [0.4, 0.5) is 11.4 Å². The van der Waals surface area contributed by atoms with Crippen molar-refractivity contribution in [2.75, 3.05) is 16.8 Å². The number of benzene rings is 3. The van der Waals surface area contributed by atoms with Crippen LogP contribution in [-0.2, 0) is 0 Å². The van der Waals surface area contributed by atoms with Crippen molar-refractivity contribution in [1.82, 2.24) is 0 Å². The number of nitrogens with zero attached hydrogens (tertiary/aromatic N) is 1. The van der Waals surface area contributed by atoms with E-state index in [0.29, 0.717) is 18.4 Å². The average Bonchev–Trinajstić information content (AvgIpc) is 3.29. The number of hydrogen-bond donors (Lipinski definition) is 1. The summed E-state index contributed by atoms with van der Waals surface area (Å²) in [6.07, 6.45) is 5.68. The highest BCUT2D eigenvalue weighted by Crippen LogP contribution is 2.50. The van der Waals surface area contributed by atoms with Crippen LogP contribution in [-0.4, -0.2) is 12.5 Å². The average molecular weight is 409 g/mol. The minimum Gasteiger partial charge on any atom is -0.377 e. The van der Waals surface area contributed by atoms with Gasteiger partial charge in [0, 0.05) is 18.2 Å². The molecule has 3 aromatic rings. The summed E-state index contributed by atoms with van der Waals surface area (Å²) >= 11 is 0. The Bertz CT molecular complexity index is 1130. The standard InChI is InChI=1S/C28H28N2O/c1-3-30(21-12-5-4-6-13-21)28(31)25-17-9-16-24-22-14-8-15-23(22)26(29-27(24)25)20-11-7-10-19(2)18-20/h4-14,16-18,22-23,26,29H,3,15H2,1-2H3. The fourth-order valence-electron chi connectivity index (χ4n) is 5.19. The first-order valence-corrected chi connectivity index (χ1v) is 11.2. The monoisotopic (exact) mass is 408 g/mol. The predicted molar refractivity (Wildman–Crippen MR) is 128 cm³/mol. The van der Waals surface area contributed by atoms with E-state index in [-0.39, 0.29) is 11.9 Å². The molecular formula is C28H28N2O. The van der Waals surface area contributed by atoms with Crippen molar-refractivity contribution in [3.63, 3.8) is 0 Å². The van der Waals surface area contributed by atoms with Crippen LogP contribution in [0.25, 0.3) is 0 Å². The van der Waals surface area contributed by atoms with E-state index in [9.17, 15) is 4.79 Å². The number of carbonyl (C=O) groups excluding carboxylic acids is 1. The van der Waals surface area contributed by atoms with Crippen molar-refractivity contribution in [2.24, 2.45) is 5.92 Å². The molecule has 0 saturated carbocycles. The van der Waals surface area contributed by atoms with Crippen molar-refractivity contribution < 1.29 is 4.79 Å². The van der Waals surface area contributed by atoms with Gasteiger partial charge in [-0.15, -0.1) is 0 Å². The summed E-state index contributed by atoms with van der Waals surface area (Å²) in [4.78, 5) is 15.6. The summed E-state index contributed by atoms with van der Waals surface area (Å²) in [6, 6.07) is 25.0. The molecule has 0 radical (unpaired) electrons. The summed E-state index contributed by atoms with van der Waals surface area (Å²) in [6.45, 7) is 4.79. The van der Waals surface area contributed by atoms with Gasteiger partial charge in [0.05, 0.1) is 17.3 Å². The molecule has 1 aliphatic heterocycles. The Kier molecular flexibility index (Phi) is 5.11. The van der Waals surface area contributed by atoms with E-state index in [1.165, 1.54) is 16.7 Å². The highest BCUT2D eigenvalue weighted by molar-refractivity contribution is 6.10. The van der Waals surface area contributed by atoms with Gasteiger partial charge in [-0.05, 0) is 55.5 Å². The number of rotatable bonds is 4. The van der Waals surface area contributed by atoms with Gasteiger partial charge in [-0.25, -0.2) is 0 Å². The van der Waals surface area contributed by atoms with E-state index in [0.717, 1.165) is 23.4 Å². The van der Waals surface area contributed by atoms with Crippen molar-refractivity contribution >= 4 is 17.3 Å². The predicted octanol–water partition coefficient (Wildman–Crippen LogP) is 6.49. The van der Waals surface area contributed by atoms with Gasteiger partial charge in [0.2, 0.25) is 0 Å². The van der Waals surface area contributed by atoms with E-state index >= 15 is 0 Å². The summed E-state index contributed by atoms with van der Waals surface area (Å²) in [5, 5.41) is 3.80. The van der Waals surface area contributed by atoms with E-state index in [1.807, 2.05) is 54.3 Å². The van der Waals surface area contributed by atoms with E-state index < -0.39 is 0 Å². The second-order valence-corrected chi connectivity index (χ2v) is 8.54. The van der Waals surface area contributed by atoms with Crippen LogP contribution in [0, 0.1) is 12.8 Å².